The molecule has 0 N–H and O–H groups in total. The van der Waals surface area contributed by atoms with Crippen molar-refractivity contribution < 1.29 is 8.78 Å². The molecule has 0 aliphatic rings. The topological polar surface area (TPSA) is 17.8 Å². The quantitative estimate of drug-likeness (QED) is 0.677. The van der Waals surface area contributed by atoms with Gasteiger partial charge in [-0.25, -0.2) is 8.78 Å². The second-order valence-corrected chi connectivity index (χ2v) is 2.57. The lowest BCUT2D eigenvalue weighted by atomic mass is 10.3. The van der Waals surface area contributed by atoms with Crippen LogP contribution >= 0.6 is 11.6 Å². The lowest BCUT2D eigenvalue weighted by Gasteiger charge is -2.04. The minimum absolute atomic E-state index is 0.0625. The molecule has 0 aliphatic carbocycles. The summed E-state index contributed by atoms with van der Waals surface area (Å²) in [4.78, 5) is 0. The van der Waals surface area contributed by atoms with Gasteiger partial charge in [0.25, 0.3) is 6.43 Å². The third kappa shape index (κ3) is 1.58. The van der Waals surface area contributed by atoms with Gasteiger partial charge in [0, 0.05) is 12.1 Å². The predicted octanol–water partition coefficient (Wildman–Crippen LogP) is 2.58. The van der Waals surface area contributed by atoms with Crippen molar-refractivity contribution in [2.24, 2.45) is 0 Å². The van der Waals surface area contributed by atoms with Crippen LogP contribution in [0.5, 0.6) is 0 Å². The number of rotatable bonds is 3. The summed E-state index contributed by atoms with van der Waals surface area (Å²) in [6, 6.07) is 0. The van der Waals surface area contributed by atoms with Crippen LogP contribution in [0, 0.1) is 0 Å². The number of aromatic nitrogens is 2. The highest BCUT2D eigenvalue weighted by Crippen LogP contribution is 2.23. The average molecular weight is 195 g/mol. The van der Waals surface area contributed by atoms with Crippen molar-refractivity contribution in [2.45, 2.75) is 25.8 Å². The summed E-state index contributed by atoms with van der Waals surface area (Å²) < 4.78 is 26.0. The Bertz CT molecular complexity index is 238. The molecule has 1 rings (SSSR count). The first-order chi connectivity index (χ1) is 5.70. The minimum Gasteiger partial charge on any atom is -0.264 e. The summed E-state index contributed by atoms with van der Waals surface area (Å²) in [5.41, 5.74) is 0.348. The Balaban J connectivity index is 3.07. The zero-order valence-electron chi connectivity index (χ0n) is 6.60. The molecule has 0 spiro atoms. The van der Waals surface area contributed by atoms with Crippen molar-refractivity contribution in [3.8, 4) is 0 Å². The number of halogens is 3. The molecule has 2 nitrogen and oxygen atoms in total. The SMILES string of the molecule is CCn1ncc(CCl)c1C(F)F. The van der Waals surface area contributed by atoms with Crippen LogP contribution in [0.25, 0.3) is 0 Å². The Morgan fingerprint density at radius 2 is 2.33 bits per heavy atom. The molecule has 0 saturated carbocycles. The van der Waals surface area contributed by atoms with Crippen LogP contribution in [0.2, 0.25) is 0 Å². The van der Waals surface area contributed by atoms with Crippen LogP contribution in [0.1, 0.15) is 24.6 Å². The molecule has 5 heteroatoms. The summed E-state index contributed by atoms with van der Waals surface area (Å²) >= 11 is 5.46. The molecule has 1 aromatic rings. The van der Waals surface area contributed by atoms with E-state index in [9.17, 15) is 8.78 Å². The van der Waals surface area contributed by atoms with E-state index in [1.54, 1.807) is 6.92 Å². The van der Waals surface area contributed by atoms with Gasteiger partial charge in [-0.15, -0.1) is 11.6 Å². The van der Waals surface area contributed by atoms with E-state index < -0.39 is 6.43 Å². The molecule has 12 heavy (non-hydrogen) atoms. The van der Waals surface area contributed by atoms with Crippen LogP contribution in [0.3, 0.4) is 0 Å². The maximum Gasteiger partial charge on any atom is 0.280 e. The van der Waals surface area contributed by atoms with Crippen LogP contribution < -0.4 is 0 Å². The van der Waals surface area contributed by atoms with E-state index in [1.165, 1.54) is 10.9 Å². The molecule has 0 saturated heterocycles. The first-order valence-corrected chi connectivity index (χ1v) is 4.12. The van der Waals surface area contributed by atoms with Crippen LogP contribution in [0.4, 0.5) is 8.78 Å². The standard InChI is InChI=1S/C7H9ClF2N2/c1-2-12-6(7(9)10)5(3-8)4-11-12/h4,7H,2-3H2,1H3. The van der Waals surface area contributed by atoms with Gasteiger partial charge in [-0.2, -0.15) is 5.10 Å². The number of nitrogens with zero attached hydrogens (tertiary/aromatic N) is 2. The van der Waals surface area contributed by atoms with Gasteiger partial charge in [0.2, 0.25) is 0 Å². The van der Waals surface area contributed by atoms with E-state index in [2.05, 4.69) is 5.10 Å². The number of aryl methyl sites for hydroxylation is 1. The van der Waals surface area contributed by atoms with Crippen molar-refractivity contribution in [1.82, 2.24) is 9.78 Å². The Labute approximate surface area is 74.1 Å². The largest absolute Gasteiger partial charge is 0.280 e. The van der Waals surface area contributed by atoms with Crippen LogP contribution in [-0.2, 0) is 12.4 Å². The highest BCUT2D eigenvalue weighted by atomic mass is 35.5. The van der Waals surface area contributed by atoms with Crippen molar-refractivity contribution >= 4 is 11.6 Å². The lowest BCUT2D eigenvalue weighted by Crippen LogP contribution is -2.04. The fraction of sp³-hybridized carbons (Fsp3) is 0.571. The van der Waals surface area contributed by atoms with Gasteiger partial charge in [0.05, 0.1) is 12.1 Å². The fourth-order valence-electron chi connectivity index (χ4n) is 1.04. The smallest absolute Gasteiger partial charge is 0.264 e. The molecule has 0 atom stereocenters. The molecule has 0 amide bonds. The summed E-state index contributed by atoms with van der Waals surface area (Å²) in [6.07, 6.45) is -1.11. The van der Waals surface area contributed by atoms with Gasteiger partial charge >= 0.3 is 0 Å². The molecule has 0 aromatic carbocycles. The highest BCUT2D eigenvalue weighted by Gasteiger charge is 2.17. The molecule has 1 heterocycles. The normalized spacial score (nSPS) is 11.1. The van der Waals surface area contributed by atoms with Gasteiger partial charge in [-0.05, 0) is 6.92 Å². The summed E-state index contributed by atoms with van der Waals surface area (Å²) in [7, 11) is 0. The van der Waals surface area contributed by atoms with Gasteiger partial charge in [-0.3, -0.25) is 4.68 Å². The average Bonchev–Trinajstić information content (AvgIpc) is 2.46. The van der Waals surface area contributed by atoms with Crippen molar-refractivity contribution in [2.75, 3.05) is 0 Å². The van der Waals surface area contributed by atoms with Gasteiger partial charge in [-0.1, -0.05) is 0 Å². The second kappa shape index (κ2) is 3.85. The zero-order valence-corrected chi connectivity index (χ0v) is 7.35. The molecular formula is C7H9ClF2N2. The number of hydrogen-bond acceptors (Lipinski definition) is 1. The molecular weight excluding hydrogens is 186 g/mol. The third-order valence-electron chi connectivity index (χ3n) is 1.61. The summed E-state index contributed by atoms with van der Waals surface area (Å²) in [6.45, 7) is 2.20. The van der Waals surface area contributed by atoms with Crippen molar-refractivity contribution in [1.29, 1.82) is 0 Å². The zero-order chi connectivity index (χ0) is 9.14. The molecule has 0 radical (unpaired) electrons. The van der Waals surface area contributed by atoms with E-state index in [-0.39, 0.29) is 11.6 Å². The minimum atomic E-state index is -2.50. The maximum atomic E-state index is 12.4. The first-order valence-electron chi connectivity index (χ1n) is 3.59. The third-order valence-corrected chi connectivity index (χ3v) is 1.90. The Hall–Kier alpha value is -0.640. The van der Waals surface area contributed by atoms with Gasteiger partial charge < -0.3 is 0 Å². The Kier molecular flexibility index (Phi) is 3.03. The fourth-order valence-corrected chi connectivity index (χ4v) is 1.25. The highest BCUT2D eigenvalue weighted by molar-refractivity contribution is 6.17. The Morgan fingerprint density at radius 1 is 1.67 bits per heavy atom. The van der Waals surface area contributed by atoms with Gasteiger partial charge in [0.1, 0.15) is 5.69 Å². The molecule has 0 fully saturated rings. The van der Waals surface area contributed by atoms with Gasteiger partial charge in [0.15, 0.2) is 0 Å². The van der Waals surface area contributed by atoms with E-state index in [1.807, 2.05) is 0 Å². The molecule has 0 bridgehead atoms. The molecule has 0 unspecified atom stereocenters. The molecule has 0 aliphatic heterocycles. The van der Waals surface area contributed by atoms with Crippen LogP contribution in [-0.4, -0.2) is 9.78 Å². The summed E-state index contributed by atoms with van der Waals surface area (Å²) in [5.74, 6) is 0.0830. The van der Waals surface area contributed by atoms with E-state index in [0.717, 1.165) is 0 Å². The molecule has 68 valence electrons. The van der Waals surface area contributed by atoms with Crippen molar-refractivity contribution in [3.63, 3.8) is 0 Å². The Morgan fingerprint density at radius 3 is 2.75 bits per heavy atom. The van der Waals surface area contributed by atoms with E-state index >= 15 is 0 Å². The number of hydrogen-bond donors (Lipinski definition) is 0. The molecule has 1 aromatic heterocycles. The summed E-state index contributed by atoms with van der Waals surface area (Å²) in [5, 5.41) is 3.78. The first kappa shape index (κ1) is 9.45. The van der Waals surface area contributed by atoms with Crippen LogP contribution in [0.15, 0.2) is 6.20 Å². The maximum absolute atomic E-state index is 12.4. The monoisotopic (exact) mass is 194 g/mol. The predicted molar refractivity (Wildman–Crippen MR) is 42.4 cm³/mol. The number of alkyl halides is 3. The second-order valence-electron chi connectivity index (χ2n) is 2.31. The van der Waals surface area contributed by atoms with E-state index in [0.29, 0.717) is 12.1 Å². The van der Waals surface area contributed by atoms with Crippen molar-refractivity contribution in [3.05, 3.63) is 17.5 Å². The lowest BCUT2D eigenvalue weighted by molar-refractivity contribution is 0.138. The van der Waals surface area contributed by atoms with E-state index in [4.69, 9.17) is 11.6 Å².